The molecule has 14 heavy (non-hydrogen) atoms. The fourth-order valence-corrected chi connectivity index (χ4v) is 1.83. The third-order valence-corrected chi connectivity index (χ3v) is 2.60. The Bertz CT molecular complexity index is 321. The van der Waals surface area contributed by atoms with Gasteiger partial charge in [0.05, 0.1) is 12.8 Å². The normalized spacial score (nSPS) is 16.0. The number of anilines is 1. The molecular weight excluding hydrogens is 181 g/mol. The fourth-order valence-electron chi connectivity index (χ4n) is 1.83. The molecule has 0 unspecified atom stereocenters. The van der Waals surface area contributed by atoms with Crippen LogP contribution in [0, 0.1) is 5.82 Å². The number of halogens is 1. The molecule has 1 aromatic rings. The second-order valence-corrected chi connectivity index (χ2v) is 3.51. The van der Waals surface area contributed by atoms with E-state index in [-0.39, 0.29) is 5.82 Å². The minimum absolute atomic E-state index is 0.189. The molecule has 2 rings (SSSR count). The molecule has 2 nitrogen and oxygen atoms in total. The number of rotatable bonds is 2. The van der Waals surface area contributed by atoms with Crippen LogP contribution in [0.2, 0.25) is 0 Å². The van der Waals surface area contributed by atoms with Gasteiger partial charge in [0.1, 0.15) is 11.6 Å². The predicted molar refractivity (Wildman–Crippen MR) is 54.4 cm³/mol. The number of hydrogen-bond donors (Lipinski definition) is 0. The van der Waals surface area contributed by atoms with Crippen LogP contribution in [0.15, 0.2) is 18.2 Å². The summed E-state index contributed by atoms with van der Waals surface area (Å²) in [7, 11) is 1.55. The molecule has 1 fully saturated rings. The Kier molecular flexibility index (Phi) is 2.57. The Hall–Kier alpha value is -1.25. The zero-order valence-corrected chi connectivity index (χ0v) is 8.29. The number of ether oxygens (including phenoxy) is 1. The summed E-state index contributed by atoms with van der Waals surface area (Å²) in [6.07, 6.45) is 2.32. The van der Waals surface area contributed by atoms with Crippen molar-refractivity contribution in [1.29, 1.82) is 0 Å². The molecule has 0 saturated carbocycles. The van der Waals surface area contributed by atoms with E-state index in [4.69, 9.17) is 4.74 Å². The second-order valence-electron chi connectivity index (χ2n) is 3.51. The van der Waals surface area contributed by atoms with Gasteiger partial charge in [-0.15, -0.1) is 0 Å². The van der Waals surface area contributed by atoms with Gasteiger partial charge >= 0.3 is 0 Å². The summed E-state index contributed by atoms with van der Waals surface area (Å²) < 4.78 is 18.5. The predicted octanol–water partition coefficient (Wildman–Crippen LogP) is 2.43. The molecule has 1 heterocycles. The zero-order valence-electron chi connectivity index (χ0n) is 8.29. The van der Waals surface area contributed by atoms with Crippen LogP contribution in [-0.2, 0) is 0 Å². The van der Waals surface area contributed by atoms with Gasteiger partial charge in [0.2, 0.25) is 0 Å². The van der Waals surface area contributed by atoms with Gasteiger partial charge in [-0.2, -0.15) is 0 Å². The van der Waals surface area contributed by atoms with Gasteiger partial charge in [0, 0.05) is 19.2 Å². The number of hydrogen-bond acceptors (Lipinski definition) is 2. The molecule has 0 atom stereocenters. The molecule has 3 heteroatoms. The first-order valence-electron chi connectivity index (χ1n) is 4.90. The molecule has 0 bridgehead atoms. The van der Waals surface area contributed by atoms with Crippen molar-refractivity contribution in [2.75, 3.05) is 25.1 Å². The highest BCUT2D eigenvalue weighted by Crippen LogP contribution is 2.26. The smallest absolute Gasteiger partial charge is 0.150 e. The van der Waals surface area contributed by atoms with E-state index in [0.29, 0.717) is 11.4 Å². The number of benzene rings is 1. The van der Waals surface area contributed by atoms with Crippen molar-refractivity contribution in [3.63, 3.8) is 0 Å². The fraction of sp³-hybridized carbons (Fsp3) is 0.455. The van der Waals surface area contributed by atoms with Crippen molar-refractivity contribution in [3.8, 4) is 5.75 Å². The summed E-state index contributed by atoms with van der Waals surface area (Å²) >= 11 is 0. The lowest BCUT2D eigenvalue weighted by Crippen LogP contribution is -2.18. The number of nitrogens with zero attached hydrogens (tertiary/aromatic N) is 1. The van der Waals surface area contributed by atoms with Gasteiger partial charge in [0.15, 0.2) is 0 Å². The lowest BCUT2D eigenvalue weighted by molar-refractivity contribution is 0.411. The van der Waals surface area contributed by atoms with Crippen LogP contribution in [0.3, 0.4) is 0 Å². The van der Waals surface area contributed by atoms with Gasteiger partial charge < -0.3 is 9.64 Å². The average molecular weight is 195 g/mol. The Balaban J connectivity index is 2.25. The first-order chi connectivity index (χ1) is 6.81. The Labute approximate surface area is 83.3 Å². The van der Waals surface area contributed by atoms with E-state index in [1.54, 1.807) is 19.2 Å². The SMILES string of the molecule is COc1ccc(N2CCCC2)c(F)c1. The van der Waals surface area contributed by atoms with Gasteiger partial charge in [-0.25, -0.2) is 4.39 Å². The molecule has 1 saturated heterocycles. The van der Waals surface area contributed by atoms with Crippen LogP contribution in [0.4, 0.5) is 10.1 Å². The van der Waals surface area contributed by atoms with Crippen LogP contribution in [-0.4, -0.2) is 20.2 Å². The minimum Gasteiger partial charge on any atom is -0.497 e. The molecule has 0 aromatic heterocycles. The van der Waals surface area contributed by atoms with Crippen LogP contribution < -0.4 is 9.64 Å². The highest BCUT2D eigenvalue weighted by molar-refractivity contribution is 5.51. The molecule has 1 aromatic carbocycles. The minimum atomic E-state index is -0.189. The summed E-state index contributed by atoms with van der Waals surface area (Å²) in [5.41, 5.74) is 0.698. The van der Waals surface area contributed by atoms with Gasteiger partial charge in [-0.3, -0.25) is 0 Å². The highest BCUT2D eigenvalue weighted by Gasteiger charge is 2.15. The van der Waals surface area contributed by atoms with E-state index in [2.05, 4.69) is 4.90 Å². The summed E-state index contributed by atoms with van der Waals surface area (Å²) in [5.74, 6) is 0.386. The van der Waals surface area contributed by atoms with Gasteiger partial charge in [-0.1, -0.05) is 0 Å². The van der Waals surface area contributed by atoms with Crippen molar-refractivity contribution < 1.29 is 9.13 Å². The van der Waals surface area contributed by atoms with Crippen LogP contribution in [0.5, 0.6) is 5.75 Å². The number of methoxy groups -OCH3 is 1. The van der Waals surface area contributed by atoms with E-state index >= 15 is 0 Å². The lowest BCUT2D eigenvalue weighted by atomic mass is 10.2. The monoisotopic (exact) mass is 195 g/mol. The maximum absolute atomic E-state index is 13.6. The summed E-state index contributed by atoms with van der Waals surface area (Å²) in [6, 6.07) is 5.03. The molecule has 0 spiro atoms. The summed E-state index contributed by atoms with van der Waals surface area (Å²) in [5, 5.41) is 0. The highest BCUT2D eigenvalue weighted by atomic mass is 19.1. The largest absolute Gasteiger partial charge is 0.497 e. The Morgan fingerprint density at radius 1 is 1.29 bits per heavy atom. The molecule has 76 valence electrons. The molecule has 0 amide bonds. The van der Waals surface area contributed by atoms with Crippen molar-refractivity contribution in [2.24, 2.45) is 0 Å². The quantitative estimate of drug-likeness (QED) is 0.718. The Morgan fingerprint density at radius 3 is 2.57 bits per heavy atom. The standard InChI is InChI=1S/C11H14FNO/c1-14-9-4-5-11(10(12)8-9)13-6-2-3-7-13/h4-5,8H,2-3,6-7H2,1H3. The van der Waals surface area contributed by atoms with Crippen molar-refractivity contribution in [3.05, 3.63) is 24.0 Å². The first-order valence-corrected chi connectivity index (χ1v) is 4.90. The van der Waals surface area contributed by atoms with Crippen molar-refractivity contribution in [2.45, 2.75) is 12.8 Å². The molecule has 0 radical (unpaired) electrons. The van der Waals surface area contributed by atoms with E-state index in [0.717, 1.165) is 25.9 Å². The molecular formula is C11H14FNO. The second kappa shape index (κ2) is 3.86. The van der Waals surface area contributed by atoms with E-state index in [1.807, 2.05) is 0 Å². The lowest BCUT2D eigenvalue weighted by Gasteiger charge is -2.18. The average Bonchev–Trinajstić information content (AvgIpc) is 2.70. The topological polar surface area (TPSA) is 12.5 Å². The molecule has 0 N–H and O–H groups in total. The van der Waals surface area contributed by atoms with E-state index in [1.165, 1.54) is 6.07 Å². The van der Waals surface area contributed by atoms with Gasteiger partial charge in [0.25, 0.3) is 0 Å². The summed E-state index contributed by atoms with van der Waals surface area (Å²) in [4.78, 5) is 2.08. The third kappa shape index (κ3) is 1.67. The maximum atomic E-state index is 13.6. The molecule has 1 aliphatic heterocycles. The van der Waals surface area contributed by atoms with Gasteiger partial charge in [-0.05, 0) is 25.0 Å². The third-order valence-electron chi connectivity index (χ3n) is 2.60. The molecule has 0 aliphatic carbocycles. The van der Waals surface area contributed by atoms with Crippen LogP contribution in [0.1, 0.15) is 12.8 Å². The van der Waals surface area contributed by atoms with E-state index in [9.17, 15) is 4.39 Å². The zero-order chi connectivity index (χ0) is 9.97. The van der Waals surface area contributed by atoms with Crippen molar-refractivity contribution >= 4 is 5.69 Å². The van der Waals surface area contributed by atoms with Crippen LogP contribution in [0.25, 0.3) is 0 Å². The molecule has 1 aliphatic rings. The van der Waals surface area contributed by atoms with Crippen molar-refractivity contribution in [1.82, 2.24) is 0 Å². The maximum Gasteiger partial charge on any atom is 0.150 e. The Morgan fingerprint density at radius 2 is 2.00 bits per heavy atom. The van der Waals surface area contributed by atoms with Crippen LogP contribution >= 0.6 is 0 Å². The summed E-state index contributed by atoms with van der Waals surface area (Å²) in [6.45, 7) is 1.92. The first kappa shape index (κ1) is 9.31. The van der Waals surface area contributed by atoms with E-state index < -0.39 is 0 Å².